The number of ether oxygens (including phenoxy) is 3. The number of anilines is 1. The number of aromatic nitrogens is 4. The molecule has 1 saturated carbocycles. The highest BCUT2D eigenvalue weighted by Gasteiger charge is 2.55. The number of nitrogens with zero attached hydrogens (tertiary/aromatic N) is 5. The molecule has 2 aliphatic rings. The fourth-order valence-electron chi connectivity index (χ4n) is 4.10. The number of carboxylic acids is 1. The fourth-order valence-corrected chi connectivity index (χ4v) is 4.78. The number of carboxylic acid groups (broad SMARTS) is 1. The molecule has 0 aromatic carbocycles. The van der Waals surface area contributed by atoms with Gasteiger partial charge in [-0.1, -0.05) is 5.16 Å². The van der Waals surface area contributed by atoms with Crippen molar-refractivity contribution < 1.29 is 52.9 Å². The Morgan fingerprint density at radius 1 is 1.06 bits per heavy atom. The first-order valence-electron chi connectivity index (χ1n) is 15.7. The van der Waals surface area contributed by atoms with E-state index in [0.717, 1.165) is 11.3 Å². The van der Waals surface area contributed by atoms with Crippen LogP contribution in [0.15, 0.2) is 16.7 Å². The standard InChI is InChI=1S/C29H40N10O11S/c1-27(2,3)48-25(45)30-9-10-47-24(44)31-11-15-12-32-39(37-15)13-16-18(20(40)33-16)35-21(41)19(38-50-29(7-8-29)22(42)43)17-14-51-23(34-17)36-26(46)49-28(4,5)6/h12,14,16,18H,7-11,13H2,1-6H3,(H,30,45)(H,31,44)(H,33,40)(H,35,41)(H,42,43)(H,34,36,46)/t16-,18+/m1/s1. The number of amides is 5. The lowest BCUT2D eigenvalue weighted by Crippen LogP contribution is -2.70. The normalized spacial score (nSPS) is 17.9. The first-order chi connectivity index (χ1) is 23.8. The molecule has 22 heteroatoms. The molecule has 2 fully saturated rings. The molecule has 5 amide bonds. The topological polar surface area (TPSA) is 276 Å². The summed E-state index contributed by atoms with van der Waals surface area (Å²) in [7, 11) is 0. The van der Waals surface area contributed by atoms with Crippen molar-refractivity contribution in [1.29, 1.82) is 0 Å². The molecular formula is C29H40N10O11S. The van der Waals surface area contributed by atoms with Crippen LogP contribution in [0.25, 0.3) is 0 Å². The number of hydrogen-bond acceptors (Lipinski definition) is 15. The highest BCUT2D eigenvalue weighted by molar-refractivity contribution is 7.14. The molecule has 21 nitrogen and oxygen atoms in total. The predicted molar refractivity (Wildman–Crippen MR) is 176 cm³/mol. The fraction of sp³-hybridized carbons (Fsp3) is 0.586. The van der Waals surface area contributed by atoms with Crippen molar-refractivity contribution in [3.05, 3.63) is 23.0 Å². The molecule has 2 aromatic heterocycles. The van der Waals surface area contributed by atoms with E-state index in [1.165, 1.54) is 16.4 Å². The number of alkyl carbamates (subject to hydrolysis) is 2. The highest BCUT2D eigenvalue weighted by Crippen LogP contribution is 2.40. The lowest BCUT2D eigenvalue weighted by atomic mass is 9.98. The second kappa shape index (κ2) is 15.6. The minimum atomic E-state index is -1.58. The second-order valence-electron chi connectivity index (χ2n) is 13.4. The quantitative estimate of drug-likeness (QED) is 0.0516. The Morgan fingerprint density at radius 3 is 2.37 bits per heavy atom. The molecular weight excluding hydrogens is 696 g/mol. The van der Waals surface area contributed by atoms with Gasteiger partial charge in [0.1, 0.15) is 35.2 Å². The zero-order valence-corrected chi connectivity index (χ0v) is 29.5. The molecule has 0 bridgehead atoms. The average molecular weight is 737 g/mol. The lowest BCUT2D eigenvalue weighted by Gasteiger charge is -2.36. The van der Waals surface area contributed by atoms with E-state index in [1.807, 2.05) is 0 Å². The van der Waals surface area contributed by atoms with Gasteiger partial charge >= 0.3 is 24.2 Å². The molecule has 1 saturated heterocycles. The SMILES string of the molecule is CC(C)(C)OC(=O)NCCOC(=O)NCc1cnn(C[C@H]2NC(=O)[C@H]2NC(=O)C(=NOC2(C(=O)O)CC2)c2csc(NC(=O)OC(C)(C)C)n2)n1. The van der Waals surface area contributed by atoms with Gasteiger partial charge in [-0.3, -0.25) is 14.9 Å². The van der Waals surface area contributed by atoms with Gasteiger partial charge in [0, 0.05) is 18.2 Å². The maximum Gasteiger partial charge on any atom is 0.413 e. The summed E-state index contributed by atoms with van der Waals surface area (Å²) in [4.78, 5) is 84.1. The third-order valence-corrected chi connectivity index (χ3v) is 7.39. The molecule has 1 aliphatic heterocycles. The van der Waals surface area contributed by atoms with E-state index in [1.54, 1.807) is 41.5 Å². The Hall–Kier alpha value is -5.54. The molecule has 51 heavy (non-hydrogen) atoms. The Bertz CT molecular complexity index is 1670. The number of carbonyl (C=O) groups is 6. The number of carbonyl (C=O) groups excluding carboxylic acids is 5. The molecule has 0 spiro atoms. The summed E-state index contributed by atoms with van der Waals surface area (Å²) in [6, 6.07) is -1.72. The Morgan fingerprint density at radius 2 is 1.75 bits per heavy atom. The van der Waals surface area contributed by atoms with Crippen LogP contribution in [0.5, 0.6) is 0 Å². The van der Waals surface area contributed by atoms with Crippen molar-refractivity contribution in [3.63, 3.8) is 0 Å². The van der Waals surface area contributed by atoms with Gasteiger partial charge < -0.3 is 45.4 Å². The molecule has 0 unspecified atom stereocenters. The van der Waals surface area contributed by atoms with E-state index in [9.17, 15) is 33.9 Å². The highest BCUT2D eigenvalue weighted by atomic mass is 32.1. The van der Waals surface area contributed by atoms with Gasteiger partial charge in [-0.2, -0.15) is 15.0 Å². The predicted octanol–water partition coefficient (Wildman–Crippen LogP) is 0.854. The second-order valence-corrected chi connectivity index (χ2v) is 14.2. The third kappa shape index (κ3) is 11.5. The molecule has 3 heterocycles. The van der Waals surface area contributed by atoms with Crippen molar-refractivity contribution in [2.75, 3.05) is 18.5 Å². The molecule has 2 atom stereocenters. The van der Waals surface area contributed by atoms with E-state index < -0.39 is 70.7 Å². The number of hydrogen-bond donors (Lipinski definition) is 6. The summed E-state index contributed by atoms with van der Waals surface area (Å²) in [6.45, 7) is 10.2. The number of rotatable bonds is 14. The number of β-lactam (4-membered cyclic amide) rings is 1. The number of aliphatic carboxylic acids is 1. The van der Waals surface area contributed by atoms with E-state index in [0.29, 0.717) is 5.69 Å². The number of nitrogens with one attached hydrogen (secondary N) is 5. The zero-order chi connectivity index (χ0) is 37.6. The zero-order valence-electron chi connectivity index (χ0n) is 28.7. The minimum absolute atomic E-state index is 0.0310. The van der Waals surface area contributed by atoms with Crippen molar-refractivity contribution in [1.82, 2.24) is 41.2 Å². The van der Waals surface area contributed by atoms with Crippen LogP contribution in [0.3, 0.4) is 0 Å². The van der Waals surface area contributed by atoms with Crippen LogP contribution in [-0.4, -0.2) is 109 Å². The van der Waals surface area contributed by atoms with Crippen LogP contribution in [0, 0.1) is 0 Å². The van der Waals surface area contributed by atoms with Crippen LogP contribution in [0.4, 0.5) is 19.5 Å². The van der Waals surface area contributed by atoms with Gasteiger partial charge in [0.25, 0.3) is 5.91 Å². The summed E-state index contributed by atoms with van der Waals surface area (Å²) in [5.41, 5.74) is -3.12. The van der Waals surface area contributed by atoms with Crippen LogP contribution in [-0.2, 0) is 46.5 Å². The summed E-state index contributed by atoms with van der Waals surface area (Å²) in [5.74, 6) is -2.66. The Kier molecular flexibility index (Phi) is 11.7. The first-order valence-corrected chi connectivity index (χ1v) is 16.5. The van der Waals surface area contributed by atoms with Gasteiger partial charge in [-0.15, -0.1) is 11.3 Å². The summed E-state index contributed by atoms with van der Waals surface area (Å²) < 4.78 is 15.3. The Balaban J connectivity index is 1.31. The van der Waals surface area contributed by atoms with Crippen LogP contribution >= 0.6 is 11.3 Å². The van der Waals surface area contributed by atoms with Crippen molar-refractivity contribution in [2.24, 2.45) is 5.16 Å². The molecule has 2 aromatic rings. The van der Waals surface area contributed by atoms with Crippen LogP contribution in [0.2, 0.25) is 0 Å². The first kappa shape index (κ1) is 38.3. The lowest BCUT2D eigenvalue weighted by molar-refractivity contribution is -0.153. The minimum Gasteiger partial charge on any atom is -0.478 e. The van der Waals surface area contributed by atoms with Gasteiger partial charge in [0.2, 0.25) is 11.5 Å². The number of oxime groups is 1. The van der Waals surface area contributed by atoms with Gasteiger partial charge in [0.15, 0.2) is 10.8 Å². The van der Waals surface area contributed by atoms with E-state index in [2.05, 4.69) is 46.9 Å². The molecule has 4 rings (SSSR count). The van der Waals surface area contributed by atoms with Crippen LogP contribution < -0.4 is 26.6 Å². The maximum absolute atomic E-state index is 13.4. The maximum atomic E-state index is 13.4. The summed E-state index contributed by atoms with van der Waals surface area (Å²) in [6.07, 6.45) is -0.425. The molecule has 0 radical (unpaired) electrons. The van der Waals surface area contributed by atoms with Gasteiger partial charge in [0.05, 0.1) is 31.9 Å². The van der Waals surface area contributed by atoms with Gasteiger partial charge in [-0.25, -0.2) is 24.2 Å². The third-order valence-electron chi connectivity index (χ3n) is 6.64. The van der Waals surface area contributed by atoms with Gasteiger partial charge in [-0.05, 0) is 41.5 Å². The van der Waals surface area contributed by atoms with Crippen molar-refractivity contribution >= 4 is 58.2 Å². The average Bonchev–Trinajstić information content (AvgIpc) is 3.45. The van der Waals surface area contributed by atoms with Crippen molar-refractivity contribution in [2.45, 2.75) is 96.4 Å². The number of thiazole rings is 1. The smallest absolute Gasteiger partial charge is 0.413 e. The van der Waals surface area contributed by atoms with E-state index in [-0.39, 0.29) is 49.9 Å². The van der Waals surface area contributed by atoms with E-state index in [4.69, 9.17) is 19.0 Å². The Labute approximate surface area is 295 Å². The molecule has 278 valence electrons. The van der Waals surface area contributed by atoms with Crippen LogP contribution in [0.1, 0.15) is 65.8 Å². The van der Waals surface area contributed by atoms with E-state index >= 15 is 0 Å². The largest absolute Gasteiger partial charge is 0.478 e. The van der Waals surface area contributed by atoms with Crippen molar-refractivity contribution in [3.8, 4) is 0 Å². The molecule has 1 aliphatic carbocycles. The monoisotopic (exact) mass is 736 g/mol. The molecule has 6 N–H and O–H groups in total. The summed E-state index contributed by atoms with van der Waals surface area (Å²) in [5, 5.41) is 35.8. The summed E-state index contributed by atoms with van der Waals surface area (Å²) >= 11 is 0.953.